The Morgan fingerprint density at radius 1 is 1.00 bits per heavy atom. The molecular weight excluding hydrogens is 448 g/mol. The quantitative estimate of drug-likeness (QED) is 0.526. The standard InChI is InChI=1S/C28H38O5S/c1-17-5-8-21(9-6-17)34(31,32)33-20-13-14-27(3)19(15-20)7-10-22-24-12-11-23(18(2)29)28(24,4)16-25(30)26(22)27/h5-6,8-9,19-20,22-24,26H,7,10-16H2,1-4H3. The number of hydrogen-bond donors (Lipinski definition) is 0. The lowest BCUT2D eigenvalue weighted by molar-refractivity contribution is -0.161. The van der Waals surface area contributed by atoms with Crippen LogP contribution < -0.4 is 0 Å². The maximum Gasteiger partial charge on any atom is 0.297 e. The van der Waals surface area contributed by atoms with Gasteiger partial charge in [-0.2, -0.15) is 8.42 Å². The molecule has 0 N–H and O–H groups in total. The first-order valence-corrected chi connectivity index (χ1v) is 14.4. The molecule has 0 aliphatic heterocycles. The monoisotopic (exact) mass is 486 g/mol. The molecule has 4 saturated carbocycles. The van der Waals surface area contributed by atoms with Gasteiger partial charge in [-0.05, 0) is 99.5 Å². The zero-order valence-electron chi connectivity index (χ0n) is 20.9. The summed E-state index contributed by atoms with van der Waals surface area (Å²) in [5.74, 6) is 1.72. The van der Waals surface area contributed by atoms with Crippen molar-refractivity contribution in [1.29, 1.82) is 0 Å². The van der Waals surface area contributed by atoms with Gasteiger partial charge in [0.1, 0.15) is 11.6 Å². The van der Waals surface area contributed by atoms with Crippen molar-refractivity contribution in [2.45, 2.75) is 90.1 Å². The SMILES string of the molecule is CC(=O)C1CCC2C3CCC4CC(OS(=O)(=O)c5ccc(C)cc5)CCC4(C)C3C(=O)CC12C. The lowest BCUT2D eigenvalue weighted by Gasteiger charge is -2.59. The minimum atomic E-state index is -3.80. The maximum atomic E-state index is 13.7. The van der Waals surface area contributed by atoms with Crippen molar-refractivity contribution >= 4 is 21.7 Å². The van der Waals surface area contributed by atoms with Gasteiger partial charge in [0.05, 0.1) is 11.0 Å². The van der Waals surface area contributed by atoms with Gasteiger partial charge < -0.3 is 0 Å². The molecule has 186 valence electrons. The minimum absolute atomic E-state index is 0.0176. The molecule has 1 aromatic rings. The van der Waals surface area contributed by atoms with E-state index in [2.05, 4.69) is 13.8 Å². The molecule has 4 fully saturated rings. The molecule has 0 amide bonds. The summed E-state index contributed by atoms with van der Waals surface area (Å²) in [7, 11) is -3.80. The molecule has 8 unspecified atom stereocenters. The minimum Gasteiger partial charge on any atom is -0.300 e. The number of carbonyl (C=O) groups excluding carboxylic acids is 2. The first-order chi connectivity index (χ1) is 16.0. The molecule has 4 aliphatic carbocycles. The number of fused-ring (bicyclic) bond motifs is 5. The molecule has 8 atom stereocenters. The summed E-state index contributed by atoms with van der Waals surface area (Å²) in [5, 5.41) is 0. The van der Waals surface area contributed by atoms with Crippen molar-refractivity contribution in [3.8, 4) is 0 Å². The number of ketones is 2. The zero-order chi connectivity index (χ0) is 24.5. The van der Waals surface area contributed by atoms with Crippen molar-refractivity contribution in [1.82, 2.24) is 0 Å². The second-order valence-electron chi connectivity index (χ2n) is 12.2. The van der Waals surface area contributed by atoms with Gasteiger partial charge in [0, 0.05) is 18.3 Å². The van der Waals surface area contributed by atoms with E-state index in [0.717, 1.165) is 37.7 Å². The molecule has 0 radical (unpaired) electrons. The molecule has 0 saturated heterocycles. The Kier molecular flexibility index (Phi) is 5.87. The van der Waals surface area contributed by atoms with Crippen LogP contribution in [0.2, 0.25) is 0 Å². The van der Waals surface area contributed by atoms with Crippen molar-refractivity contribution in [3.05, 3.63) is 29.8 Å². The summed E-state index contributed by atoms with van der Waals surface area (Å²) in [4.78, 5) is 26.3. The van der Waals surface area contributed by atoms with Crippen LogP contribution in [0.25, 0.3) is 0 Å². The fourth-order valence-corrected chi connectivity index (χ4v) is 9.84. The van der Waals surface area contributed by atoms with Gasteiger partial charge in [-0.25, -0.2) is 0 Å². The van der Waals surface area contributed by atoms with Crippen molar-refractivity contribution in [3.63, 3.8) is 0 Å². The first-order valence-electron chi connectivity index (χ1n) is 13.0. The Balaban J connectivity index is 1.34. The number of carbonyl (C=O) groups is 2. The molecule has 0 aromatic heterocycles. The van der Waals surface area contributed by atoms with E-state index in [9.17, 15) is 18.0 Å². The van der Waals surface area contributed by atoms with E-state index in [1.54, 1.807) is 31.2 Å². The van der Waals surface area contributed by atoms with Crippen molar-refractivity contribution in [2.24, 2.45) is 40.4 Å². The Morgan fingerprint density at radius 3 is 2.38 bits per heavy atom. The van der Waals surface area contributed by atoms with Gasteiger partial charge in [-0.1, -0.05) is 31.5 Å². The van der Waals surface area contributed by atoms with E-state index < -0.39 is 10.1 Å². The molecule has 0 spiro atoms. The van der Waals surface area contributed by atoms with Crippen LogP contribution in [0.1, 0.15) is 77.7 Å². The summed E-state index contributed by atoms with van der Waals surface area (Å²) < 4.78 is 31.5. The zero-order valence-corrected chi connectivity index (χ0v) is 21.7. The molecule has 0 heterocycles. The Labute approximate surface area is 204 Å². The third kappa shape index (κ3) is 3.71. The summed E-state index contributed by atoms with van der Waals surface area (Å²) >= 11 is 0. The molecule has 34 heavy (non-hydrogen) atoms. The van der Waals surface area contributed by atoms with Crippen LogP contribution in [0.5, 0.6) is 0 Å². The molecule has 1 aromatic carbocycles. The topological polar surface area (TPSA) is 77.5 Å². The van der Waals surface area contributed by atoms with Crippen LogP contribution in [0, 0.1) is 47.3 Å². The molecule has 0 bridgehead atoms. The van der Waals surface area contributed by atoms with E-state index in [1.807, 2.05) is 6.92 Å². The normalized spacial score (nSPS) is 41.9. The first kappa shape index (κ1) is 24.2. The van der Waals surface area contributed by atoms with Gasteiger partial charge in [0.2, 0.25) is 0 Å². The lowest BCUT2D eigenvalue weighted by Crippen LogP contribution is -2.58. The van der Waals surface area contributed by atoms with Crippen LogP contribution in [-0.4, -0.2) is 26.1 Å². The third-order valence-corrected chi connectivity index (χ3v) is 11.7. The van der Waals surface area contributed by atoms with E-state index in [-0.39, 0.29) is 39.4 Å². The fourth-order valence-electron chi connectivity index (χ4n) is 8.73. The van der Waals surface area contributed by atoms with E-state index >= 15 is 0 Å². The summed E-state index contributed by atoms with van der Waals surface area (Å²) in [5.41, 5.74) is 0.716. The van der Waals surface area contributed by atoms with E-state index in [1.165, 1.54) is 0 Å². The third-order valence-electron chi connectivity index (χ3n) is 10.4. The van der Waals surface area contributed by atoms with Crippen LogP contribution in [0.3, 0.4) is 0 Å². The van der Waals surface area contributed by atoms with E-state index in [0.29, 0.717) is 42.8 Å². The van der Waals surface area contributed by atoms with Crippen molar-refractivity contribution < 1.29 is 22.2 Å². The summed E-state index contributed by atoms with van der Waals surface area (Å²) in [6.45, 7) is 8.09. The van der Waals surface area contributed by atoms with Crippen molar-refractivity contribution in [2.75, 3.05) is 0 Å². The Hall–Kier alpha value is -1.53. The summed E-state index contributed by atoms with van der Waals surface area (Å²) in [6, 6.07) is 6.79. The highest BCUT2D eigenvalue weighted by atomic mass is 32.2. The highest BCUT2D eigenvalue weighted by Crippen LogP contribution is 2.66. The molecular formula is C28H38O5S. The van der Waals surface area contributed by atoms with Gasteiger partial charge in [0.25, 0.3) is 10.1 Å². The molecule has 4 aliphatic rings. The smallest absolute Gasteiger partial charge is 0.297 e. The average Bonchev–Trinajstić information content (AvgIpc) is 3.10. The highest BCUT2D eigenvalue weighted by Gasteiger charge is 2.63. The van der Waals surface area contributed by atoms with Crippen LogP contribution in [0.15, 0.2) is 29.2 Å². The van der Waals surface area contributed by atoms with Gasteiger partial charge in [0.15, 0.2) is 0 Å². The second kappa shape index (κ2) is 8.26. The predicted molar refractivity (Wildman–Crippen MR) is 130 cm³/mol. The van der Waals surface area contributed by atoms with Gasteiger partial charge in [-0.3, -0.25) is 13.8 Å². The molecule has 5 rings (SSSR count). The maximum absolute atomic E-state index is 13.7. The lowest BCUT2D eigenvalue weighted by atomic mass is 9.44. The fraction of sp³-hybridized carbons (Fsp3) is 0.714. The number of Topliss-reactive ketones (excluding diaryl/α,β-unsaturated/α-hetero) is 2. The average molecular weight is 487 g/mol. The Morgan fingerprint density at radius 2 is 1.71 bits per heavy atom. The molecule has 6 heteroatoms. The molecule has 5 nitrogen and oxygen atoms in total. The van der Waals surface area contributed by atoms with Crippen LogP contribution in [0.4, 0.5) is 0 Å². The Bertz CT molecular complexity index is 1090. The number of hydrogen-bond acceptors (Lipinski definition) is 5. The summed E-state index contributed by atoms with van der Waals surface area (Å²) in [6.07, 6.45) is 6.33. The van der Waals surface area contributed by atoms with Gasteiger partial charge >= 0.3 is 0 Å². The van der Waals surface area contributed by atoms with Gasteiger partial charge in [-0.15, -0.1) is 0 Å². The second-order valence-corrected chi connectivity index (χ2v) is 13.7. The van der Waals surface area contributed by atoms with Crippen LogP contribution >= 0.6 is 0 Å². The predicted octanol–water partition coefficient (Wildman–Crippen LogP) is 5.50. The van der Waals surface area contributed by atoms with E-state index in [4.69, 9.17) is 4.18 Å². The number of benzene rings is 1. The largest absolute Gasteiger partial charge is 0.300 e. The number of rotatable bonds is 4. The highest BCUT2D eigenvalue weighted by molar-refractivity contribution is 7.86. The van der Waals surface area contributed by atoms with Crippen LogP contribution in [-0.2, 0) is 23.9 Å². The number of aryl methyl sites for hydroxylation is 1.